The largest absolute Gasteiger partial charge is 0.504 e. The summed E-state index contributed by atoms with van der Waals surface area (Å²) in [6, 6.07) is 14.3. The summed E-state index contributed by atoms with van der Waals surface area (Å²) in [5, 5.41) is 62.1. The van der Waals surface area contributed by atoms with Crippen molar-refractivity contribution in [1.29, 1.82) is 0 Å². The SMILES string of the molecule is COc1cc(CC(CO)C(CO)Cc2ccc(OC3OC(COC(=O)c4ccc(OC)c(OC)c4)C(O)C(O)C3O)c(OC)c2)ccc1O. The van der Waals surface area contributed by atoms with E-state index in [4.69, 9.17) is 33.2 Å². The molecule has 49 heavy (non-hydrogen) atoms. The van der Waals surface area contributed by atoms with Gasteiger partial charge in [0.25, 0.3) is 0 Å². The molecule has 0 aliphatic carbocycles. The van der Waals surface area contributed by atoms with Crippen molar-refractivity contribution in [2.24, 2.45) is 11.8 Å². The quantitative estimate of drug-likeness (QED) is 0.118. The van der Waals surface area contributed by atoms with Gasteiger partial charge in [-0.15, -0.1) is 0 Å². The molecule has 3 aromatic carbocycles. The van der Waals surface area contributed by atoms with Crippen molar-refractivity contribution in [3.05, 3.63) is 71.3 Å². The summed E-state index contributed by atoms with van der Waals surface area (Å²) in [4.78, 5) is 12.7. The van der Waals surface area contributed by atoms with Crippen molar-refractivity contribution < 1.29 is 68.6 Å². The third kappa shape index (κ3) is 9.03. The Morgan fingerprint density at radius 3 is 1.84 bits per heavy atom. The van der Waals surface area contributed by atoms with Crippen LogP contribution in [0.5, 0.6) is 34.5 Å². The van der Waals surface area contributed by atoms with Crippen LogP contribution in [0.3, 0.4) is 0 Å². The Balaban J connectivity index is 1.43. The smallest absolute Gasteiger partial charge is 0.338 e. The third-order valence-corrected chi connectivity index (χ3v) is 8.51. The molecule has 0 bridgehead atoms. The van der Waals surface area contributed by atoms with Gasteiger partial charge in [-0.05, 0) is 78.3 Å². The van der Waals surface area contributed by atoms with Crippen LogP contribution < -0.4 is 23.7 Å². The predicted molar refractivity (Wildman–Crippen MR) is 173 cm³/mol. The monoisotopic (exact) mass is 688 g/mol. The van der Waals surface area contributed by atoms with Gasteiger partial charge in [0.2, 0.25) is 6.29 Å². The summed E-state index contributed by atoms with van der Waals surface area (Å²) >= 11 is 0. The maximum Gasteiger partial charge on any atom is 0.338 e. The maximum atomic E-state index is 12.7. The summed E-state index contributed by atoms with van der Waals surface area (Å²) in [5.74, 6) is 0.0310. The normalized spacial score (nSPS) is 21.7. The summed E-state index contributed by atoms with van der Waals surface area (Å²) in [7, 11) is 5.74. The van der Waals surface area contributed by atoms with Crippen molar-refractivity contribution in [3.8, 4) is 34.5 Å². The molecule has 6 N–H and O–H groups in total. The zero-order chi connectivity index (χ0) is 35.7. The molecule has 1 saturated heterocycles. The Labute approximate surface area is 283 Å². The van der Waals surface area contributed by atoms with Crippen molar-refractivity contribution in [2.75, 3.05) is 48.3 Å². The summed E-state index contributed by atoms with van der Waals surface area (Å²) in [5.41, 5.74) is 1.72. The number of benzene rings is 3. The van der Waals surface area contributed by atoms with Crippen LogP contribution in [0, 0.1) is 11.8 Å². The van der Waals surface area contributed by atoms with Crippen LogP contribution in [-0.2, 0) is 22.3 Å². The molecule has 14 nitrogen and oxygen atoms in total. The number of carbonyl (C=O) groups excluding carboxylic acids is 1. The number of carbonyl (C=O) groups is 1. The van der Waals surface area contributed by atoms with E-state index in [9.17, 15) is 35.4 Å². The van der Waals surface area contributed by atoms with Crippen LogP contribution in [0.2, 0.25) is 0 Å². The molecule has 7 unspecified atom stereocenters. The summed E-state index contributed by atoms with van der Waals surface area (Å²) in [6.45, 7) is -0.872. The summed E-state index contributed by atoms with van der Waals surface area (Å²) in [6.07, 6.45) is -6.90. The Morgan fingerprint density at radius 1 is 0.694 bits per heavy atom. The Hall–Kier alpha value is -4.31. The number of methoxy groups -OCH3 is 4. The number of hydrogen-bond donors (Lipinski definition) is 6. The highest BCUT2D eigenvalue weighted by Gasteiger charge is 2.45. The standard InChI is InChI=1S/C35H44O14/c1-43-25-10-7-21(15-29(25)46-4)34(42)47-18-30-31(39)32(40)33(41)35(49-30)48-26-9-6-20(14-28(26)45-3)12-23(17-37)22(16-36)11-19-5-8-24(38)27(13-19)44-2/h5-10,13-15,22-23,30-33,35-41H,11-12,16-18H2,1-4H3. The van der Waals surface area contributed by atoms with Crippen LogP contribution >= 0.6 is 0 Å². The van der Waals surface area contributed by atoms with Gasteiger partial charge in [0.05, 0.1) is 34.0 Å². The molecular weight excluding hydrogens is 644 g/mol. The highest BCUT2D eigenvalue weighted by Crippen LogP contribution is 2.35. The van der Waals surface area contributed by atoms with Gasteiger partial charge in [-0.3, -0.25) is 0 Å². The third-order valence-electron chi connectivity index (χ3n) is 8.51. The Bertz CT molecular complexity index is 1530. The van der Waals surface area contributed by atoms with E-state index >= 15 is 0 Å². The van der Waals surface area contributed by atoms with Gasteiger partial charge in [-0.2, -0.15) is 0 Å². The van der Waals surface area contributed by atoms with Gasteiger partial charge < -0.3 is 63.8 Å². The second-order valence-electron chi connectivity index (χ2n) is 11.6. The molecule has 4 rings (SSSR count). The van der Waals surface area contributed by atoms with Crippen LogP contribution in [0.15, 0.2) is 54.6 Å². The van der Waals surface area contributed by atoms with Gasteiger partial charge in [0, 0.05) is 13.2 Å². The minimum Gasteiger partial charge on any atom is -0.504 e. The van der Waals surface area contributed by atoms with E-state index in [1.165, 1.54) is 52.7 Å². The molecule has 1 heterocycles. The minimum absolute atomic E-state index is 0.00167. The lowest BCUT2D eigenvalue weighted by molar-refractivity contribution is -0.277. The van der Waals surface area contributed by atoms with Crippen molar-refractivity contribution >= 4 is 5.97 Å². The van der Waals surface area contributed by atoms with Crippen LogP contribution in [0.25, 0.3) is 0 Å². The number of esters is 1. The first-order valence-electron chi connectivity index (χ1n) is 15.6. The molecular formula is C35H44O14. The molecule has 3 aromatic rings. The van der Waals surface area contributed by atoms with E-state index in [1.807, 2.05) is 0 Å². The van der Waals surface area contributed by atoms with Crippen LogP contribution in [-0.4, -0.2) is 116 Å². The number of hydrogen-bond acceptors (Lipinski definition) is 14. The maximum absolute atomic E-state index is 12.7. The van der Waals surface area contributed by atoms with Crippen molar-refractivity contribution in [1.82, 2.24) is 0 Å². The van der Waals surface area contributed by atoms with Crippen LogP contribution in [0.4, 0.5) is 0 Å². The molecule has 0 aromatic heterocycles. The number of aliphatic hydroxyl groups excluding tert-OH is 5. The predicted octanol–water partition coefficient (Wildman–Crippen LogP) is 1.47. The van der Waals surface area contributed by atoms with Crippen molar-refractivity contribution in [3.63, 3.8) is 0 Å². The molecule has 0 saturated carbocycles. The van der Waals surface area contributed by atoms with E-state index in [-0.39, 0.29) is 47.9 Å². The lowest BCUT2D eigenvalue weighted by Gasteiger charge is -2.40. The highest BCUT2D eigenvalue weighted by molar-refractivity contribution is 5.90. The first-order chi connectivity index (χ1) is 23.6. The van der Waals surface area contributed by atoms with E-state index in [0.717, 1.165) is 11.1 Å². The topological polar surface area (TPSA) is 203 Å². The number of ether oxygens (including phenoxy) is 7. The van der Waals surface area contributed by atoms with E-state index in [0.29, 0.717) is 30.1 Å². The van der Waals surface area contributed by atoms with Gasteiger partial charge in [-0.25, -0.2) is 4.79 Å². The molecule has 0 spiro atoms. The second kappa shape index (κ2) is 17.4. The summed E-state index contributed by atoms with van der Waals surface area (Å²) < 4.78 is 38.1. The molecule has 0 radical (unpaired) electrons. The molecule has 0 amide bonds. The molecule has 1 aliphatic heterocycles. The number of aliphatic hydroxyl groups is 5. The lowest BCUT2D eigenvalue weighted by atomic mass is 9.83. The molecule has 7 atom stereocenters. The van der Waals surface area contributed by atoms with Crippen LogP contribution in [0.1, 0.15) is 21.5 Å². The fraction of sp³-hybridized carbons (Fsp3) is 0.457. The number of aromatic hydroxyl groups is 1. The average Bonchev–Trinajstić information content (AvgIpc) is 3.13. The second-order valence-corrected chi connectivity index (χ2v) is 11.6. The fourth-order valence-electron chi connectivity index (χ4n) is 5.63. The Morgan fingerprint density at radius 2 is 1.24 bits per heavy atom. The average molecular weight is 689 g/mol. The van der Waals surface area contributed by atoms with Gasteiger partial charge >= 0.3 is 5.97 Å². The first kappa shape index (κ1) is 37.5. The minimum atomic E-state index is -1.69. The van der Waals surface area contributed by atoms with Gasteiger partial charge in [0.1, 0.15) is 31.0 Å². The van der Waals surface area contributed by atoms with E-state index in [1.54, 1.807) is 30.3 Å². The highest BCUT2D eigenvalue weighted by atomic mass is 16.7. The lowest BCUT2D eigenvalue weighted by Crippen LogP contribution is -2.60. The van der Waals surface area contributed by atoms with Crippen molar-refractivity contribution in [2.45, 2.75) is 43.5 Å². The molecule has 14 heteroatoms. The number of rotatable bonds is 16. The van der Waals surface area contributed by atoms with Gasteiger partial charge in [0.15, 0.2) is 34.5 Å². The van der Waals surface area contributed by atoms with E-state index in [2.05, 4.69) is 0 Å². The molecule has 1 aliphatic rings. The molecule has 268 valence electrons. The Kier molecular flexibility index (Phi) is 13.3. The first-order valence-corrected chi connectivity index (χ1v) is 15.6. The zero-order valence-corrected chi connectivity index (χ0v) is 27.7. The zero-order valence-electron chi connectivity index (χ0n) is 27.7. The number of phenols is 1. The van der Waals surface area contributed by atoms with E-state index < -0.39 is 43.3 Å². The van der Waals surface area contributed by atoms with Gasteiger partial charge in [-0.1, -0.05) is 12.1 Å². The molecule has 1 fully saturated rings. The number of phenolic OH excluding ortho intramolecular Hbond substituents is 1. The fourth-order valence-corrected chi connectivity index (χ4v) is 5.63.